The van der Waals surface area contributed by atoms with Crippen molar-refractivity contribution < 1.29 is 4.79 Å². The maximum atomic E-state index is 13.9. The highest BCUT2D eigenvalue weighted by Gasteiger charge is 2.27. The van der Waals surface area contributed by atoms with Crippen molar-refractivity contribution in [3.05, 3.63) is 69.7 Å². The number of rotatable bonds is 7. The van der Waals surface area contributed by atoms with Gasteiger partial charge in [-0.25, -0.2) is 4.98 Å². The highest BCUT2D eigenvalue weighted by atomic mass is 35.5. The molecule has 0 saturated carbocycles. The van der Waals surface area contributed by atoms with Crippen molar-refractivity contribution in [2.45, 2.75) is 64.6 Å². The third-order valence-electron chi connectivity index (χ3n) is 8.60. The van der Waals surface area contributed by atoms with E-state index >= 15 is 0 Å². The number of benzene rings is 1. The predicted octanol–water partition coefficient (Wildman–Crippen LogP) is 6.02. The zero-order valence-corrected chi connectivity index (χ0v) is 26.4. The van der Waals surface area contributed by atoms with Crippen LogP contribution in [0.25, 0.3) is 22.3 Å². The number of pyridine rings is 2. The Labute approximate surface area is 262 Å². The van der Waals surface area contributed by atoms with Gasteiger partial charge in [-0.05, 0) is 95.1 Å². The molecule has 5 heterocycles. The van der Waals surface area contributed by atoms with Crippen LogP contribution in [0.5, 0.6) is 0 Å². The largest absolute Gasteiger partial charge is 0.381 e. The minimum absolute atomic E-state index is 0.0413. The summed E-state index contributed by atoms with van der Waals surface area (Å²) in [4.78, 5) is 44.3. The molecule has 1 aromatic carbocycles. The standard InChI is InChI=1S/C33H39ClN8O2/c1-20(2)42-31-23(18-36-33(39-31)38-25-10-8-24(9-11-25)37-26-12-14-40(4)19-26)15-27(32(42)44)30-28(34)16-22(17-35-30)29-7-5-6-13-41(29)21(3)43/h8-11,15-18,20,26,29,37H,5-7,12-14,19H2,1-4H3,(H,36,38,39). The first-order valence-corrected chi connectivity index (χ1v) is 15.7. The first-order valence-electron chi connectivity index (χ1n) is 15.4. The van der Waals surface area contributed by atoms with Crippen LogP contribution >= 0.6 is 11.6 Å². The second-order valence-electron chi connectivity index (χ2n) is 12.2. The van der Waals surface area contributed by atoms with Crippen molar-refractivity contribution in [2.24, 2.45) is 0 Å². The number of amides is 1. The normalized spacial score (nSPS) is 19.1. The Hall–Kier alpha value is -4.02. The van der Waals surface area contributed by atoms with Crippen LogP contribution in [-0.4, -0.2) is 67.9 Å². The van der Waals surface area contributed by atoms with Gasteiger partial charge in [-0.2, -0.15) is 4.98 Å². The van der Waals surface area contributed by atoms with Crippen molar-refractivity contribution in [1.82, 2.24) is 29.3 Å². The van der Waals surface area contributed by atoms with E-state index in [9.17, 15) is 9.59 Å². The molecule has 2 atom stereocenters. The van der Waals surface area contributed by atoms with Gasteiger partial charge in [0.25, 0.3) is 5.56 Å². The number of piperidine rings is 1. The first-order chi connectivity index (χ1) is 21.2. The maximum absolute atomic E-state index is 13.9. The number of hydrogen-bond donors (Lipinski definition) is 2. The molecule has 2 aliphatic heterocycles. The second-order valence-corrected chi connectivity index (χ2v) is 12.6. The van der Waals surface area contributed by atoms with Crippen LogP contribution in [0.3, 0.4) is 0 Å². The Kier molecular flexibility index (Phi) is 8.55. The summed E-state index contributed by atoms with van der Waals surface area (Å²) in [5, 5.41) is 7.95. The van der Waals surface area contributed by atoms with Gasteiger partial charge in [0.15, 0.2) is 0 Å². The number of nitrogens with zero attached hydrogens (tertiary/aromatic N) is 6. The molecule has 44 heavy (non-hydrogen) atoms. The Bertz CT molecular complexity index is 1740. The van der Waals surface area contributed by atoms with E-state index in [0.29, 0.717) is 39.3 Å². The van der Waals surface area contributed by atoms with E-state index in [-0.39, 0.29) is 23.6 Å². The Morgan fingerprint density at radius 1 is 1.02 bits per heavy atom. The van der Waals surface area contributed by atoms with Crippen LogP contribution in [0.1, 0.15) is 64.1 Å². The molecule has 0 radical (unpaired) electrons. The molecule has 230 valence electrons. The molecule has 11 heteroatoms. The predicted molar refractivity (Wildman–Crippen MR) is 176 cm³/mol. The third kappa shape index (κ3) is 6.14. The lowest BCUT2D eigenvalue weighted by atomic mass is 9.96. The lowest BCUT2D eigenvalue weighted by Gasteiger charge is -2.35. The van der Waals surface area contributed by atoms with Crippen LogP contribution < -0.4 is 16.2 Å². The summed E-state index contributed by atoms with van der Waals surface area (Å²) in [6, 6.07) is 11.9. The van der Waals surface area contributed by atoms with Crippen LogP contribution in [0.15, 0.2) is 53.6 Å². The van der Waals surface area contributed by atoms with E-state index in [1.54, 1.807) is 30.0 Å². The topological polar surface area (TPSA) is 108 Å². The van der Waals surface area contributed by atoms with E-state index in [1.165, 1.54) is 0 Å². The molecule has 10 nitrogen and oxygen atoms in total. The van der Waals surface area contributed by atoms with Gasteiger partial charge in [0.05, 0.1) is 22.3 Å². The molecular weight excluding hydrogens is 576 g/mol. The quantitative estimate of drug-likeness (QED) is 0.260. The van der Waals surface area contributed by atoms with Gasteiger partial charge >= 0.3 is 0 Å². The number of likely N-dealkylation sites (N-methyl/N-ethyl adjacent to an activating group) is 1. The summed E-state index contributed by atoms with van der Waals surface area (Å²) in [5.74, 6) is 0.444. The van der Waals surface area contributed by atoms with Crippen molar-refractivity contribution in [1.29, 1.82) is 0 Å². The number of halogens is 1. The van der Waals surface area contributed by atoms with E-state index in [4.69, 9.17) is 16.6 Å². The number of carbonyl (C=O) groups is 1. The molecule has 0 spiro atoms. The van der Waals surface area contributed by atoms with Crippen molar-refractivity contribution in [2.75, 3.05) is 37.3 Å². The summed E-state index contributed by atoms with van der Waals surface area (Å²) in [6.07, 6.45) is 7.48. The molecule has 1 amide bonds. The fraction of sp³-hybridized carbons (Fsp3) is 0.424. The summed E-state index contributed by atoms with van der Waals surface area (Å²) in [6.45, 7) is 8.37. The number of fused-ring (bicyclic) bond motifs is 1. The second kappa shape index (κ2) is 12.5. The number of hydrogen-bond acceptors (Lipinski definition) is 8. The number of likely N-dealkylation sites (tertiary alicyclic amines) is 2. The van der Waals surface area contributed by atoms with Crippen LogP contribution in [0.2, 0.25) is 5.02 Å². The SMILES string of the molecule is CC(=O)N1CCCCC1c1cnc(-c2cc3cnc(Nc4ccc(NC5CCN(C)C5)cc4)nc3n(C(C)C)c2=O)c(Cl)c1. The van der Waals surface area contributed by atoms with Gasteiger partial charge < -0.3 is 20.4 Å². The minimum Gasteiger partial charge on any atom is -0.381 e. The summed E-state index contributed by atoms with van der Waals surface area (Å²) >= 11 is 6.78. The molecule has 2 saturated heterocycles. The summed E-state index contributed by atoms with van der Waals surface area (Å²) in [7, 11) is 2.14. The molecule has 0 aliphatic carbocycles. The average molecular weight is 615 g/mol. The summed E-state index contributed by atoms with van der Waals surface area (Å²) < 4.78 is 1.66. The number of aromatic nitrogens is 4. The van der Waals surface area contributed by atoms with Crippen LogP contribution in [0, 0.1) is 0 Å². The Morgan fingerprint density at radius 3 is 2.48 bits per heavy atom. The summed E-state index contributed by atoms with van der Waals surface area (Å²) in [5.41, 5.74) is 3.90. The number of carbonyl (C=O) groups excluding carboxylic acids is 1. The van der Waals surface area contributed by atoms with Crippen molar-refractivity contribution >= 4 is 45.9 Å². The maximum Gasteiger partial charge on any atom is 0.261 e. The van der Waals surface area contributed by atoms with E-state index in [2.05, 4.69) is 32.5 Å². The van der Waals surface area contributed by atoms with E-state index < -0.39 is 0 Å². The Morgan fingerprint density at radius 2 is 1.80 bits per heavy atom. The van der Waals surface area contributed by atoms with Crippen LogP contribution in [0.4, 0.5) is 17.3 Å². The third-order valence-corrected chi connectivity index (χ3v) is 8.89. The van der Waals surface area contributed by atoms with Gasteiger partial charge in [-0.1, -0.05) is 11.6 Å². The van der Waals surface area contributed by atoms with Gasteiger partial charge in [0, 0.05) is 61.3 Å². The van der Waals surface area contributed by atoms with Gasteiger partial charge in [-0.15, -0.1) is 0 Å². The fourth-order valence-corrected chi connectivity index (χ4v) is 6.66. The Balaban J connectivity index is 1.28. The lowest BCUT2D eigenvalue weighted by molar-refractivity contribution is -0.132. The molecular formula is C33H39ClN8O2. The van der Waals surface area contributed by atoms with Crippen molar-refractivity contribution in [3.63, 3.8) is 0 Å². The van der Waals surface area contributed by atoms with Crippen molar-refractivity contribution in [3.8, 4) is 11.3 Å². The zero-order valence-electron chi connectivity index (χ0n) is 25.7. The molecule has 2 unspecified atom stereocenters. The average Bonchev–Trinajstić information content (AvgIpc) is 3.42. The molecule has 2 N–H and O–H groups in total. The van der Waals surface area contributed by atoms with Gasteiger partial charge in [-0.3, -0.25) is 19.1 Å². The smallest absolute Gasteiger partial charge is 0.261 e. The number of anilines is 3. The van der Waals surface area contributed by atoms with Gasteiger partial charge in [0.2, 0.25) is 11.9 Å². The van der Waals surface area contributed by atoms with Crippen LogP contribution in [-0.2, 0) is 4.79 Å². The number of nitrogens with one attached hydrogen (secondary N) is 2. The highest BCUT2D eigenvalue weighted by Crippen LogP contribution is 2.35. The highest BCUT2D eigenvalue weighted by molar-refractivity contribution is 6.33. The lowest BCUT2D eigenvalue weighted by Crippen LogP contribution is -2.37. The molecule has 0 bridgehead atoms. The molecule has 4 aromatic rings. The fourth-order valence-electron chi connectivity index (χ4n) is 6.38. The molecule has 6 rings (SSSR count). The molecule has 2 fully saturated rings. The minimum atomic E-state index is -0.227. The first kappa shape index (κ1) is 30.0. The van der Waals surface area contributed by atoms with Gasteiger partial charge in [0.1, 0.15) is 5.65 Å². The zero-order chi connectivity index (χ0) is 31.0. The molecule has 2 aliphatic rings. The monoisotopic (exact) mass is 614 g/mol. The molecule has 3 aromatic heterocycles. The van der Waals surface area contributed by atoms with E-state index in [0.717, 1.165) is 62.3 Å². The van der Waals surface area contributed by atoms with E-state index in [1.807, 2.05) is 49.1 Å².